The van der Waals surface area contributed by atoms with E-state index in [-0.39, 0.29) is 11.4 Å². The zero-order chi connectivity index (χ0) is 11.8. The Morgan fingerprint density at radius 2 is 2.00 bits per heavy atom. The lowest BCUT2D eigenvalue weighted by molar-refractivity contribution is 0.567. The number of imidazole rings is 1. The molecular formula is C11H15N5. The minimum absolute atomic E-state index is 0.0492. The van der Waals surface area contributed by atoms with E-state index in [0.29, 0.717) is 0 Å². The molecule has 2 aromatic rings. The Hall–Kier alpha value is -1.91. The molecule has 0 unspecified atom stereocenters. The van der Waals surface area contributed by atoms with Gasteiger partial charge in [0.25, 0.3) is 0 Å². The number of nitrogen functional groups attached to an aromatic ring is 1. The van der Waals surface area contributed by atoms with Gasteiger partial charge in [0.15, 0.2) is 0 Å². The van der Waals surface area contributed by atoms with Crippen molar-refractivity contribution in [1.82, 2.24) is 19.5 Å². The van der Waals surface area contributed by atoms with E-state index in [2.05, 4.69) is 35.7 Å². The predicted octanol–water partition coefficient (Wildman–Crippen LogP) is 1.54. The number of rotatable bonds is 1. The van der Waals surface area contributed by atoms with Crippen LogP contribution in [0, 0.1) is 0 Å². The molecule has 16 heavy (non-hydrogen) atoms. The SMILES string of the molecule is CC(C)(C)c1cc(-n2ccnc2)nc(N)n1. The Labute approximate surface area is 94.4 Å². The summed E-state index contributed by atoms with van der Waals surface area (Å²) < 4.78 is 1.81. The maximum absolute atomic E-state index is 5.71. The molecule has 84 valence electrons. The Bertz CT molecular complexity index is 482. The maximum atomic E-state index is 5.71. The summed E-state index contributed by atoms with van der Waals surface area (Å²) in [5.41, 5.74) is 6.58. The number of anilines is 1. The molecular weight excluding hydrogens is 202 g/mol. The van der Waals surface area contributed by atoms with Crippen LogP contribution in [0.1, 0.15) is 26.5 Å². The van der Waals surface area contributed by atoms with Gasteiger partial charge >= 0.3 is 0 Å². The highest BCUT2D eigenvalue weighted by molar-refractivity contribution is 5.34. The Morgan fingerprint density at radius 3 is 2.56 bits per heavy atom. The van der Waals surface area contributed by atoms with Crippen LogP contribution in [-0.4, -0.2) is 19.5 Å². The molecule has 2 rings (SSSR count). The van der Waals surface area contributed by atoms with Crippen LogP contribution < -0.4 is 5.73 Å². The average Bonchev–Trinajstić information content (AvgIpc) is 2.68. The number of aromatic nitrogens is 4. The van der Waals surface area contributed by atoms with Crippen molar-refractivity contribution in [2.24, 2.45) is 0 Å². The molecule has 0 radical (unpaired) electrons. The molecule has 0 aliphatic heterocycles. The van der Waals surface area contributed by atoms with Gasteiger partial charge < -0.3 is 5.73 Å². The van der Waals surface area contributed by atoms with Crippen LogP contribution in [0.3, 0.4) is 0 Å². The van der Waals surface area contributed by atoms with Crippen molar-refractivity contribution >= 4 is 5.95 Å². The van der Waals surface area contributed by atoms with Crippen molar-refractivity contribution < 1.29 is 0 Å². The molecule has 0 aliphatic rings. The summed E-state index contributed by atoms with van der Waals surface area (Å²) in [6, 6.07) is 1.93. The molecule has 0 atom stereocenters. The van der Waals surface area contributed by atoms with Crippen LogP contribution in [0.25, 0.3) is 5.82 Å². The van der Waals surface area contributed by atoms with Crippen LogP contribution in [0.4, 0.5) is 5.95 Å². The summed E-state index contributed by atoms with van der Waals surface area (Å²) >= 11 is 0. The van der Waals surface area contributed by atoms with Gasteiger partial charge in [-0.2, -0.15) is 4.98 Å². The van der Waals surface area contributed by atoms with Gasteiger partial charge in [-0.05, 0) is 0 Å². The summed E-state index contributed by atoms with van der Waals surface area (Å²) in [4.78, 5) is 12.4. The highest BCUT2D eigenvalue weighted by Gasteiger charge is 2.17. The molecule has 2 N–H and O–H groups in total. The second-order valence-corrected chi connectivity index (χ2v) is 4.69. The molecule has 0 spiro atoms. The summed E-state index contributed by atoms with van der Waals surface area (Å²) in [6.45, 7) is 6.27. The zero-order valence-electron chi connectivity index (χ0n) is 9.68. The largest absolute Gasteiger partial charge is 0.368 e. The molecule has 5 heteroatoms. The fourth-order valence-electron chi connectivity index (χ4n) is 1.36. The first-order valence-corrected chi connectivity index (χ1v) is 5.10. The van der Waals surface area contributed by atoms with Gasteiger partial charge in [-0.1, -0.05) is 20.8 Å². The fraction of sp³-hybridized carbons (Fsp3) is 0.364. The Morgan fingerprint density at radius 1 is 1.25 bits per heavy atom. The van der Waals surface area contributed by atoms with E-state index >= 15 is 0 Å². The second kappa shape index (κ2) is 3.59. The molecule has 0 saturated carbocycles. The van der Waals surface area contributed by atoms with E-state index < -0.39 is 0 Å². The summed E-state index contributed by atoms with van der Waals surface area (Å²) in [6.07, 6.45) is 5.22. The summed E-state index contributed by atoms with van der Waals surface area (Å²) in [5.74, 6) is 1.03. The third kappa shape index (κ3) is 2.03. The quantitative estimate of drug-likeness (QED) is 0.786. The van der Waals surface area contributed by atoms with Crippen molar-refractivity contribution in [3.63, 3.8) is 0 Å². The van der Waals surface area contributed by atoms with E-state index in [1.807, 2.05) is 16.8 Å². The molecule has 0 saturated heterocycles. The number of hydrogen-bond acceptors (Lipinski definition) is 4. The van der Waals surface area contributed by atoms with Gasteiger partial charge in [-0.25, -0.2) is 9.97 Å². The van der Waals surface area contributed by atoms with Gasteiger partial charge in [0.1, 0.15) is 12.1 Å². The molecule has 0 aromatic carbocycles. The topological polar surface area (TPSA) is 69.6 Å². The average molecular weight is 217 g/mol. The molecule has 0 fully saturated rings. The molecule has 0 amide bonds. The Kier molecular flexibility index (Phi) is 2.38. The van der Waals surface area contributed by atoms with E-state index in [4.69, 9.17) is 5.73 Å². The van der Waals surface area contributed by atoms with Gasteiger partial charge in [-0.3, -0.25) is 4.57 Å². The van der Waals surface area contributed by atoms with Gasteiger partial charge in [0, 0.05) is 23.9 Å². The van der Waals surface area contributed by atoms with Crippen molar-refractivity contribution in [3.8, 4) is 5.82 Å². The van der Waals surface area contributed by atoms with Gasteiger partial charge in [0.05, 0.1) is 5.69 Å². The molecule has 5 nitrogen and oxygen atoms in total. The lowest BCUT2D eigenvalue weighted by Crippen LogP contribution is -2.16. The lowest BCUT2D eigenvalue weighted by atomic mass is 9.92. The minimum atomic E-state index is -0.0492. The fourth-order valence-corrected chi connectivity index (χ4v) is 1.36. The number of nitrogens with zero attached hydrogens (tertiary/aromatic N) is 4. The number of hydrogen-bond donors (Lipinski definition) is 1. The van der Waals surface area contributed by atoms with Crippen LogP contribution in [0.15, 0.2) is 24.8 Å². The third-order valence-corrected chi connectivity index (χ3v) is 2.27. The van der Waals surface area contributed by atoms with Crippen LogP contribution in [0.2, 0.25) is 0 Å². The van der Waals surface area contributed by atoms with E-state index in [0.717, 1.165) is 11.5 Å². The second-order valence-electron chi connectivity index (χ2n) is 4.69. The minimum Gasteiger partial charge on any atom is -0.368 e. The normalized spacial score (nSPS) is 11.7. The molecule has 0 bridgehead atoms. The van der Waals surface area contributed by atoms with Crippen molar-refractivity contribution in [2.75, 3.05) is 5.73 Å². The molecule has 2 aromatic heterocycles. The van der Waals surface area contributed by atoms with Crippen molar-refractivity contribution in [2.45, 2.75) is 26.2 Å². The number of nitrogens with two attached hydrogens (primary N) is 1. The smallest absolute Gasteiger partial charge is 0.222 e. The molecule has 0 aliphatic carbocycles. The Balaban J connectivity index is 2.53. The summed E-state index contributed by atoms with van der Waals surface area (Å²) in [7, 11) is 0. The maximum Gasteiger partial charge on any atom is 0.222 e. The monoisotopic (exact) mass is 217 g/mol. The van der Waals surface area contributed by atoms with Crippen molar-refractivity contribution in [1.29, 1.82) is 0 Å². The highest BCUT2D eigenvalue weighted by Crippen LogP contribution is 2.22. The van der Waals surface area contributed by atoms with E-state index in [9.17, 15) is 0 Å². The predicted molar refractivity (Wildman–Crippen MR) is 62.3 cm³/mol. The summed E-state index contributed by atoms with van der Waals surface area (Å²) in [5, 5.41) is 0. The van der Waals surface area contributed by atoms with Crippen molar-refractivity contribution in [3.05, 3.63) is 30.5 Å². The third-order valence-electron chi connectivity index (χ3n) is 2.27. The lowest BCUT2D eigenvalue weighted by Gasteiger charge is -2.18. The first-order chi connectivity index (χ1) is 7.47. The van der Waals surface area contributed by atoms with Gasteiger partial charge in [-0.15, -0.1) is 0 Å². The zero-order valence-corrected chi connectivity index (χ0v) is 9.68. The standard InChI is InChI=1S/C11H15N5/c1-11(2,3)8-6-9(15-10(12)14-8)16-5-4-13-7-16/h4-7H,1-3H3,(H2,12,14,15). The van der Waals surface area contributed by atoms with Crippen LogP contribution in [-0.2, 0) is 5.41 Å². The first kappa shape index (κ1) is 10.6. The highest BCUT2D eigenvalue weighted by atomic mass is 15.1. The first-order valence-electron chi connectivity index (χ1n) is 5.10. The molecule has 2 heterocycles. The van der Waals surface area contributed by atoms with Crippen LogP contribution in [0.5, 0.6) is 0 Å². The van der Waals surface area contributed by atoms with E-state index in [1.54, 1.807) is 12.5 Å². The van der Waals surface area contributed by atoms with Gasteiger partial charge in [0.2, 0.25) is 5.95 Å². The van der Waals surface area contributed by atoms with E-state index in [1.165, 1.54) is 0 Å². The van der Waals surface area contributed by atoms with Crippen LogP contribution >= 0.6 is 0 Å².